The number of rotatable bonds is 4. The molecule has 0 N–H and O–H groups in total. The zero-order valence-electron chi connectivity index (χ0n) is 11.5. The Kier molecular flexibility index (Phi) is 5.74. The van der Waals surface area contributed by atoms with Gasteiger partial charge in [-0.3, -0.25) is 13.9 Å². The van der Waals surface area contributed by atoms with E-state index in [4.69, 9.17) is 0 Å². The van der Waals surface area contributed by atoms with E-state index >= 15 is 0 Å². The second-order valence-electron chi connectivity index (χ2n) is 4.89. The van der Waals surface area contributed by atoms with E-state index in [-0.39, 0.29) is 5.91 Å². The number of hydrogen-bond acceptors (Lipinski definition) is 3. The molecule has 1 aliphatic heterocycles. The maximum Gasteiger partial charge on any atom is 0.255 e. The van der Waals surface area contributed by atoms with E-state index in [0.29, 0.717) is 5.75 Å². The third-order valence-electron chi connectivity index (χ3n) is 3.46. The van der Waals surface area contributed by atoms with Crippen molar-refractivity contribution in [1.82, 2.24) is 9.80 Å². The predicted molar refractivity (Wildman–Crippen MR) is 85.4 cm³/mol. The van der Waals surface area contributed by atoms with Crippen molar-refractivity contribution >= 4 is 32.6 Å². The number of nitrogens with zero attached hydrogens (tertiary/aromatic N) is 2. The summed E-state index contributed by atoms with van der Waals surface area (Å²) >= 11 is 3.42. The van der Waals surface area contributed by atoms with Crippen LogP contribution in [0.4, 0.5) is 0 Å². The lowest BCUT2D eigenvalue weighted by molar-refractivity contribution is 0.0643. The molecule has 1 heterocycles. The minimum Gasteiger partial charge on any atom is -0.336 e. The van der Waals surface area contributed by atoms with Crippen LogP contribution in [0.1, 0.15) is 10.4 Å². The monoisotopic (exact) mass is 358 g/mol. The Bertz CT molecular complexity index is 502. The molecule has 1 aromatic carbocycles. The lowest BCUT2D eigenvalue weighted by Crippen LogP contribution is -2.49. The highest BCUT2D eigenvalue weighted by atomic mass is 79.9. The molecule has 0 spiro atoms. The van der Waals surface area contributed by atoms with Crippen LogP contribution in [0.25, 0.3) is 0 Å². The van der Waals surface area contributed by atoms with Crippen LogP contribution in [-0.4, -0.2) is 64.6 Å². The van der Waals surface area contributed by atoms with Gasteiger partial charge in [0.15, 0.2) is 0 Å². The van der Waals surface area contributed by atoms with Gasteiger partial charge in [-0.05, 0) is 28.1 Å². The van der Waals surface area contributed by atoms with Gasteiger partial charge >= 0.3 is 0 Å². The molecule has 0 bridgehead atoms. The predicted octanol–water partition coefficient (Wildman–Crippen LogP) is 1.59. The van der Waals surface area contributed by atoms with Gasteiger partial charge in [-0.25, -0.2) is 0 Å². The summed E-state index contributed by atoms with van der Waals surface area (Å²) in [6.45, 7) is 4.02. The van der Waals surface area contributed by atoms with E-state index in [9.17, 15) is 9.00 Å². The van der Waals surface area contributed by atoms with Gasteiger partial charge in [-0.1, -0.05) is 12.1 Å². The van der Waals surface area contributed by atoms with Gasteiger partial charge in [-0.2, -0.15) is 0 Å². The molecule has 4 nitrogen and oxygen atoms in total. The first kappa shape index (κ1) is 15.7. The molecule has 20 heavy (non-hydrogen) atoms. The van der Waals surface area contributed by atoms with Crippen molar-refractivity contribution in [1.29, 1.82) is 0 Å². The lowest BCUT2D eigenvalue weighted by atomic mass is 10.2. The molecule has 1 amide bonds. The summed E-state index contributed by atoms with van der Waals surface area (Å²) in [5.41, 5.74) is 0.718. The zero-order chi connectivity index (χ0) is 14.5. The fraction of sp³-hybridized carbons (Fsp3) is 0.500. The number of halogens is 1. The van der Waals surface area contributed by atoms with Crippen molar-refractivity contribution in [3.8, 4) is 0 Å². The molecule has 1 fully saturated rings. The summed E-state index contributed by atoms with van der Waals surface area (Å²) in [5.74, 6) is 0.786. The Labute approximate surface area is 130 Å². The summed E-state index contributed by atoms with van der Waals surface area (Å²) in [6.07, 6.45) is 1.73. The Hall–Kier alpha value is -0.720. The largest absolute Gasteiger partial charge is 0.336 e. The van der Waals surface area contributed by atoms with E-state index in [2.05, 4.69) is 20.8 Å². The second kappa shape index (κ2) is 7.33. The summed E-state index contributed by atoms with van der Waals surface area (Å²) in [4.78, 5) is 16.6. The van der Waals surface area contributed by atoms with Gasteiger partial charge in [0.25, 0.3) is 5.91 Å². The molecule has 0 saturated carbocycles. The highest BCUT2D eigenvalue weighted by Gasteiger charge is 2.23. The average Bonchev–Trinajstić information content (AvgIpc) is 2.45. The first-order chi connectivity index (χ1) is 9.58. The van der Waals surface area contributed by atoms with Crippen LogP contribution in [0.15, 0.2) is 28.7 Å². The van der Waals surface area contributed by atoms with Gasteiger partial charge in [0, 0.05) is 60.0 Å². The minimum absolute atomic E-state index is 0.0798. The number of carbonyl (C=O) groups excluding carboxylic acids is 1. The molecule has 0 aliphatic carbocycles. The molecule has 1 atom stereocenters. The first-order valence-corrected chi connectivity index (χ1v) is 9.16. The summed E-state index contributed by atoms with van der Waals surface area (Å²) in [5, 5.41) is 0. The SMILES string of the molecule is C[S@](=O)CCN1CCN(C(=O)c2ccccc2Br)CC1. The molecule has 0 unspecified atom stereocenters. The third kappa shape index (κ3) is 4.14. The molecule has 1 aliphatic rings. The van der Waals surface area contributed by atoms with E-state index in [1.165, 1.54) is 0 Å². The Morgan fingerprint density at radius 1 is 1.25 bits per heavy atom. The van der Waals surface area contributed by atoms with Crippen molar-refractivity contribution in [2.24, 2.45) is 0 Å². The highest BCUT2D eigenvalue weighted by Crippen LogP contribution is 2.18. The summed E-state index contributed by atoms with van der Waals surface area (Å²) in [6, 6.07) is 7.52. The van der Waals surface area contributed by atoms with Gasteiger partial charge in [0.05, 0.1) is 5.56 Å². The molecular formula is C14H19BrN2O2S. The first-order valence-electron chi connectivity index (χ1n) is 6.64. The van der Waals surface area contributed by atoms with Crippen LogP contribution < -0.4 is 0 Å². The van der Waals surface area contributed by atoms with Crippen LogP contribution in [-0.2, 0) is 10.8 Å². The van der Waals surface area contributed by atoms with Crippen LogP contribution in [0.3, 0.4) is 0 Å². The van der Waals surface area contributed by atoms with Crippen molar-refractivity contribution in [3.63, 3.8) is 0 Å². The maximum atomic E-state index is 12.4. The standard InChI is InChI=1S/C14H19BrN2O2S/c1-20(19)11-10-16-6-8-17(9-7-16)14(18)12-4-2-3-5-13(12)15/h2-5H,6-11H2,1H3/t20-/m0/s1. The smallest absolute Gasteiger partial charge is 0.255 e. The molecule has 6 heteroatoms. The van der Waals surface area contributed by atoms with Crippen LogP contribution in [0.5, 0.6) is 0 Å². The summed E-state index contributed by atoms with van der Waals surface area (Å²) in [7, 11) is -0.746. The van der Waals surface area contributed by atoms with Crippen molar-refractivity contribution < 1.29 is 9.00 Å². The average molecular weight is 359 g/mol. The van der Waals surface area contributed by atoms with Crippen molar-refractivity contribution in [3.05, 3.63) is 34.3 Å². The van der Waals surface area contributed by atoms with E-state index in [1.54, 1.807) is 6.26 Å². The number of hydrogen-bond donors (Lipinski definition) is 0. The number of amides is 1. The molecule has 2 rings (SSSR count). The van der Waals surface area contributed by atoms with Gasteiger partial charge in [0.2, 0.25) is 0 Å². The fourth-order valence-electron chi connectivity index (χ4n) is 2.24. The quantitative estimate of drug-likeness (QED) is 0.820. The van der Waals surface area contributed by atoms with E-state index in [1.807, 2.05) is 29.2 Å². The molecule has 110 valence electrons. The molecule has 1 saturated heterocycles. The van der Waals surface area contributed by atoms with E-state index < -0.39 is 10.8 Å². The topological polar surface area (TPSA) is 40.6 Å². The van der Waals surface area contributed by atoms with E-state index in [0.717, 1.165) is 42.8 Å². The minimum atomic E-state index is -0.746. The zero-order valence-corrected chi connectivity index (χ0v) is 14.0. The Morgan fingerprint density at radius 3 is 2.50 bits per heavy atom. The van der Waals surface area contributed by atoms with Gasteiger partial charge in [0.1, 0.15) is 0 Å². The molecule has 1 aromatic rings. The third-order valence-corrected chi connectivity index (χ3v) is 4.91. The second-order valence-corrected chi connectivity index (χ2v) is 7.30. The normalized spacial score (nSPS) is 18.0. The van der Waals surface area contributed by atoms with Crippen molar-refractivity contribution in [2.75, 3.05) is 44.7 Å². The highest BCUT2D eigenvalue weighted by molar-refractivity contribution is 9.10. The molecular weight excluding hydrogens is 340 g/mol. The Balaban J connectivity index is 1.89. The van der Waals surface area contributed by atoms with Crippen molar-refractivity contribution in [2.45, 2.75) is 0 Å². The Morgan fingerprint density at radius 2 is 1.90 bits per heavy atom. The van der Waals surface area contributed by atoms with Crippen LogP contribution in [0.2, 0.25) is 0 Å². The molecule has 0 aromatic heterocycles. The van der Waals surface area contributed by atoms with Gasteiger partial charge in [-0.15, -0.1) is 0 Å². The van der Waals surface area contributed by atoms with Gasteiger partial charge < -0.3 is 4.90 Å². The molecule has 0 radical (unpaired) electrons. The van der Waals surface area contributed by atoms with Crippen LogP contribution in [0, 0.1) is 0 Å². The fourth-order valence-corrected chi connectivity index (χ4v) is 3.21. The number of carbonyl (C=O) groups is 1. The lowest BCUT2D eigenvalue weighted by Gasteiger charge is -2.34. The number of piperazine rings is 1. The summed E-state index contributed by atoms with van der Waals surface area (Å²) < 4.78 is 11.9. The number of benzene rings is 1. The van der Waals surface area contributed by atoms with Crippen LogP contribution >= 0.6 is 15.9 Å². The maximum absolute atomic E-state index is 12.4.